The molecular formula is C18H22N4O2. The molecule has 0 radical (unpaired) electrons. The standard InChI is InChI=1S/C18H22N4O2/c1-12-4-6-13(7-5-12)17-20-16(24-21-17)11-22-10-2-3-15(22)18(23)19-14-8-9-14/h4-7,14-15H,2-3,8-11H2,1H3,(H,19,23). The topological polar surface area (TPSA) is 71.3 Å². The van der Waals surface area contributed by atoms with Crippen LogP contribution >= 0.6 is 0 Å². The number of amides is 1. The Kier molecular flexibility index (Phi) is 4.06. The van der Waals surface area contributed by atoms with E-state index < -0.39 is 0 Å². The molecule has 6 heteroatoms. The molecule has 2 aliphatic rings. The second-order valence-electron chi connectivity index (χ2n) is 6.79. The smallest absolute Gasteiger partial charge is 0.241 e. The van der Waals surface area contributed by atoms with E-state index in [0.717, 1.165) is 37.8 Å². The fourth-order valence-corrected chi connectivity index (χ4v) is 3.15. The summed E-state index contributed by atoms with van der Waals surface area (Å²) in [6.45, 7) is 3.47. The average Bonchev–Trinajstić information content (AvgIpc) is 3.09. The number of carbonyl (C=O) groups is 1. The summed E-state index contributed by atoms with van der Waals surface area (Å²) >= 11 is 0. The van der Waals surface area contributed by atoms with Gasteiger partial charge in [0.25, 0.3) is 0 Å². The number of rotatable bonds is 5. The highest BCUT2D eigenvalue weighted by molar-refractivity contribution is 5.82. The summed E-state index contributed by atoms with van der Waals surface area (Å²) < 4.78 is 5.40. The highest BCUT2D eigenvalue weighted by atomic mass is 16.5. The number of nitrogens with one attached hydrogen (secondary N) is 1. The van der Waals surface area contributed by atoms with Crippen molar-refractivity contribution in [1.82, 2.24) is 20.4 Å². The molecular weight excluding hydrogens is 304 g/mol. The van der Waals surface area contributed by atoms with Gasteiger partial charge in [-0.25, -0.2) is 0 Å². The molecule has 1 saturated carbocycles. The Morgan fingerprint density at radius 3 is 2.83 bits per heavy atom. The first kappa shape index (κ1) is 15.3. The van der Waals surface area contributed by atoms with Crippen molar-refractivity contribution >= 4 is 5.91 Å². The molecule has 0 spiro atoms. The lowest BCUT2D eigenvalue weighted by molar-refractivity contribution is -0.125. The maximum Gasteiger partial charge on any atom is 0.241 e. The van der Waals surface area contributed by atoms with Crippen LogP contribution in [0.15, 0.2) is 28.8 Å². The lowest BCUT2D eigenvalue weighted by atomic mass is 10.1. The number of hydrogen-bond donors (Lipinski definition) is 1. The zero-order chi connectivity index (χ0) is 16.5. The minimum atomic E-state index is -0.0691. The van der Waals surface area contributed by atoms with Gasteiger partial charge in [-0.2, -0.15) is 4.98 Å². The number of nitrogens with zero attached hydrogens (tertiary/aromatic N) is 3. The van der Waals surface area contributed by atoms with Crippen LogP contribution in [0, 0.1) is 6.92 Å². The maximum absolute atomic E-state index is 12.3. The highest BCUT2D eigenvalue weighted by Gasteiger charge is 2.34. The Morgan fingerprint density at radius 2 is 2.08 bits per heavy atom. The highest BCUT2D eigenvalue weighted by Crippen LogP contribution is 2.24. The van der Waals surface area contributed by atoms with Crippen LogP contribution in [-0.2, 0) is 11.3 Å². The number of carbonyl (C=O) groups excluding carboxylic acids is 1. The largest absolute Gasteiger partial charge is 0.352 e. The van der Waals surface area contributed by atoms with Crippen molar-refractivity contribution in [2.75, 3.05) is 6.54 Å². The van der Waals surface area contributed by atoms with Crippen LogP contribution in [0.1, 0.15) is 37.1 Å². The molecule has 24 heavy (non-hydrogen) atoms. The van der Waals surface area contributed by atoms with Crippen molar-refractivity contribution in [3.05, 3.63) is 35.7 Å². The molecule has 1 aliphatic heterocycles. The van der Waals surface area contributed by atoms with E-state index in [-0.39, 0.29) is 11.9 Å². The molecule has 1 N–H and O–H groups in total. The molecule has 1 atom stereocenters. The lowest BCUT2D eigenvalue weighted by Crippen LogP contribution is -2.43. The quantitative estimate of drug-likeness (QED) is 0.913. The molecule has 1 amide bonds. The Hall–Kier alpha value is -2.21. The van der Waals surface area contributed by atoms with Crippen LogP contribution in [0.3, 0.4) is 0 Å². The van der Waals surface area contributed by atoms with Gasteiger partial charge in [-0.15, -0.1) is 0 Å². The van der Waals surface area contributed by atoms with Crippen molar-refractivity contribution in [2.45, 2.75) is 51.2 Å². The third-order valence-corrected chi connectivity index (χ3v) is 4.71. The Bertz CT molecular complexity index is 721. The van der Waals surface area contributed by atoms with Crippen LogP contribution in [0.25, 0.3) is 11.4 Å². The molecule has 6 nitrogen and oxygen atoms in total. The molecule has 2 fully saturated rings. The molecule has 0 bridgehead atoms. The van der Waals surface area contributed by atoms with Gasteiger partial charge in [0.1, 0.15) is 0 Å². The first-order valence-corrected chi connectivity index (χ1v) is 8.63. The van der Waals surface area contributed by atoms with Crippen molar-refractivity contribution in [2.24, 2.45) is 0 Å². The van der Waals surface area contributed by atoms with Gasteiger partial charge in [0.2, 0.25) is 17.6 Å². The summed E-state index contributed by atoms with van der Waals surface area (Å²) in [6, 6.07) is 8.38. The number of aromatic nitrogens is 2. The van der Waals surface area contributed by atoms with E-state index in [9.17, 15) is 4.79 Å². The van der Waals surface area contributed by atoms with Crippen molar-refractivity contribution < 1.29 is 9.32 Å². The molecule has 1 aromatic heterocycles. The predicted molar refractivity (Wildman–Crippen MR) is 89.1 cm³/mol. The molecule has 1 saturated heterocycles. The van der Waals surface area contributed by atoms with Crippen molar-refractivity contribution in [3.8, 4) is 11.4 Å². The fourth-order valence-electron chi connectivity index (χ4n) is 3.15. The predicted octanol–water partition coefficient (Wildman–Crippen LogP) is 2.29. The van der Waals surface area contributed by atoms with Gasteiger partial charge in [0, 0.05) is 11.6 Å². The molecule has 1 aromatic carbocycles. The van der Waals surface area contributed by atoms with Gasteiger partial charge < -0.3 is 9.84 Å². The van der Waals surface area contributed by atoms with E-state index in [1.54, 1.807) is 0 Å². The number of likely N-dealkylation sites (tertiary alicyclic amines) is 1. The summed E-state index contributed by atoms with van der Waals surface area (Å²) in [5.41, 5.74) is 2.14. The van der Waals surface area contributed by atoms with E-state index in [1.165, 1.54) is 5.56 Å². The summed E-state index contributed by atoms with van der Waals surface area (Å²) in [4.78, 5) is 19.0. The van der Waals surface area contributed by atoms with Gasteiger partial charge in [0.15, 0.2) is 0 Å². The Labute approximate surface area is 141 Å². The van der Waals surface area contributed by atoms with E-state index in [2.05, 4.69) is 20.4 Å². The van der Waals surface area contributed by atoms with Gasteiger partial charge in [0.05, 0.1) is 12.6 Å². The molecule has 2 aromatic rings. The first-order chi connectivity index (χ1) is 11.7. The third kappa shape index (κ3) is 3.33. The van der Waals surface area contributed by atoms with Crippen molar-refractivity contribution in [1.29, 1.82) is 0 Å². The minimum absolute atomic E-state index is 0.0691. The minimum Gasteiger partial charge on any atom is -0.352 e. The van der Waals surface area contributed by atoms with Gasteiger partial charge in [-0.3, -0.25) is 9.69 Å². The van der Waals surface area contributed by atoms with Crippen LogP contribution < -0.4 is 5.32 Å². The molecule has 1 unspecified atom stereocenters. The third-order valence-electron chi connectivity index (χ3n) is 4.71. The fraction of sp³-hybridized carbons (Fsp3) is 0.500. The molecule has 1 aliphatic carbocycles. The Morgan fingerprint density at radius 1 is 1.29 bits per heavy atom. The zero-order valence-electron chi connectivity index (χ0n) is 13.9. The van der Waals surface area contributed by atoms with E-state index >= 15 is 0 Å². The summed E-state index contributed by atoms with van der Waals surface area (Å²) in [6.07, 6.45) is 4.16. The summed E-state index contributed by atoms with van der Waals surface area (Å²) in [5, 5.41) is 7.17. The molecule has 126 valence electrons. The summed E-state index contributed by atoms with van der Waals surface area (Å²) in [7, 11) is 0. The van der Waals surface area contributed by atoms with Crippen LogP contribution in [0.2, 0.25) is 0 Å². The van der Waals surface area contributed by atoms with Gasteiger partial charge in [-0.05, 0) is 39.2 Å². The maximum atomic E-state index is 12.3. The van der Waals surface area contributed by atoms with Crippen LogP contribution in [0.4, 0.5) is 0 Å². The monoisotopic (exact) mass is 326 g/mol. The summed E-state index contributed by atoms with van der Waals surface area (Å²) in [5.74, 6) is 1.31. The number of hydrogen-bond acceptors (Lipinski definition) is 5. The van der Waals surface area contributed by atoms with Gasteiger partial charge >= 0.3 is 0 Å². The second-order valence-corrected chi connectivity index (χ2v) is 6.79. The lowest BCUT2D eigenvalue weighted by Gasteiger charge is -2.21. The van der Waals surface area contributed by atoms with E-state index in [0.29, 0.717) is 24.3 Å². The normalized spacial score (nSPS) is 21.1. The van der Waals surface area contributed by atoms with E-state index in [1.807, 2.05) is 31.2 Å². The number of aryl methyl sites for hydroxylation is 1. The van der Waals surface area contributed by atoms with E-state index in [4.69, 9.17) is 4.52 Å². The van der Waals surface area contributed by atoms with Crippen LogP contribution in [0.5, 0.6) is 0 Å². The first-order valence-electron chi connectivity index (χ1n) is 8.63. The Balaban J connectivity index is 1.42. The zero-order valence-corrected chi connectivity index (χ0v) is 13.9. The average molecular weight is 326 g/mol. The van der Waals surface area contributed by atoms with Gasteiger partial charge in [-0.1, -0.05) is 35.0 Å². The van der Waals surface area contributed by atoms with Crippen molar-refractivity contribution in [3.63, 3.8) is 0 Å². The van der Waals surface area contributed by atoms with Crippen LogP contribution in [-0.4, -0.2) is 39.6 Å². The SMILES string of the molecule is Cc1ccc(-c2noc(CN3CCCC3C(=O)NC3CC3)n2)cc1. The molecule has 2 heterocycles. The second kappa shape index (κ2) is 6.36. The number of benzene rings is 1. The molecule has 4 rings (SSSR count).